The molecule has 0 saturated carbocycles. The molecular weight excluding hydrogens is 305 g/mol. The second-order valence-electron chi connectivity index (χ2n) is 4.19. The number of halogens is 2. The molecule has 5 heteroatoms. The molecule has 1 saturated heterocycles. The van der Waals surface area contributed by atoms with Gasteiger partial charge in [-0.25, -0.2) is 0 Å². The van der Waals surface area contributed by atoms with E-state index in [-0.39, 0.29) is 12.4 Å². The van der Waals surface area contributed by atoms with E-state index in [0.29, 0.717) is 12.8 Å². The summed E-state index contributed by atoms with van der Waals surface area (Å²) in [5.41, 5.74) is 0.267. The highest BCUT2D eigenvalue weighted by molar-refractivity contribution is 9.10. The lowest BCUT2D eigenvalue weighted by atomic mass is 9.89. The van der Waals surface area contributed by atoms with E-state index in [0.717, 1.165) is 23.0 Å². The van der Waals surface area contributed by atoms with Crippen LogP contribution in [0, 0.1) is 0 Å². The van der Waals surface area contributed by atoms with Crippen LogP contribution in [-0.4, -0.2) is 23.2 Å². The minimum Gasteiger partial charge on any atom is -0.480 e. The maximum Gasteiger partial charge on any atom is 0.324 e. The molecule has 0 amide bonds. The van der Waals surface area contributed by atoms with Crippen LogP contribution in [0.15, 0.2) is 28.7 Å². The molecule has 0 radical (unpaired) electrons. The molecular formula is C12H15BrClNO2. The summed E-state index contributed by atoms with van der Waals surface area (Å²) >= 11 is 3.46. The van der Waals surface area contributed by atoms with Gasteiger partial charge in [0.25, 0.3) is 0 Å². The molecule has 1 aromatic carbocycles. The Hall–Kier alpha value is -0.580. The van der Waals surface area contributed by atoms with Gasteiger partial charge >= 0.3 is 5.97 Å². The minimum absolute atomic E-state index is 0. The summed E-state index contributed by atoms with van der Waals surface area (Å²) in [5, 5.41) is 12.5. The van der Waals surface area contributed by atoms with Crippen molar-refractivity contribution >= 4 is 34.3 Å². The summed E-state index contributed by atoms with van der Waals surface area (Å²) in [6, 6.07) is 7.78. The van der Waals surface area contributed by atoms with Gasteiger partial charge in [-0.1, -0.05) is 34.1 Å². The fourth-order valence-corrected chi connectivity index (χ4v) is 2.61. The number of hydrogen-bond donors (Lipinski definition) is 2. The second kappa shape index (κ2) is 5.85. The van der Waals surface area contributed by atoms with E-state index in [9.17, 15) is 9.90 Å². The molecule has 2 N–H and O–H groups in total. The molecule has 0 unspecified atom stereocenters. The van der Waals surface area contributed by atoms with Crippen molar-refractivity contribution in [1.29, 1.82) is 0 Å². The Kier molecular flexibility index (Phi) is 4.98. The molecule has 94 valence electrons. The lowest BCUT2D eigenvalue weighted by Gasteiger charge is -2.25. The Morgan fingerprint density at radius 1 is 1.47 bits per heavy atom. The van der Waals surface area contributed by atoms with Crippen LogP contribution in [-0.2, 0) is 11.2 Å². The highest BCUT2D eigenvalue weighted by atomic mass is 79.9. The first-order valence-corrected chi connectivity index (χ1v) is 6.15. The first kappa shape index (κ1) is 14.5. The number of carboxylic acid groups (broad SMARTS) is 1. The molecule has 0 aliphatic carbocycles. The van der Waals surface area contributed by atoms with Gasteiger partial charge in [0.1, 0.15) is 5.54 Å². The molecule has 17 heavy (non-hydrogen) atoms. The monoisotopic (exact) mass is 319 g/mol. The van der Waals surface area contributed by atoms with Crippen molar-refractivity contribution in [3.63, 3.8) is 0 Å². The third-order valence-electron chi connectivity index (χ3n) is 3.10. The summed E-state index contributed by atoms with van der Waals surface area (Å²) in [7, 11) is 0. The van der Waals surface area contributed by atoms with Crippen LogP contribution in [0.25, 0.3) is 0 Å². The SMILES string of the molecule is Cl.O=C(O)[C@]1(Cc2ccccc2Br)CCCN1. The number of carboxylic acids is 1. The van der Waals surface area contributed by atoms with Crippen LogP contribution in [0.1, 0.15) is 18.4 Å². The number of benzene rings is 1. The zero-order chi connectivity index (χ0) is 11.6. The van der Waals surface area contributed by atoms with Gasteiger partial charge in [-0.2, -0.15) is 0 Å². The van der Waals surface area contributed by atoms with Crippen LogP contribution in [0.5, 0.6) is 0 Å². The van der Waals surface area contributed by atoms with E-state index in [4.69, 9.17) is 0 Å². The first-order valence-electron chi connectivity index (χ1n) is 5.36. The third kappa shape index (κ3) is 3.00. The fourth-order valence-electron chi connectivity index (χ4n) is 2.18. The van der Waals surface area contributed by atoms with Crippen molar-refractivity contribution in [3.8, 4) is 0 Å². The van der Waals surface area contributed by atoms with Crippen molar-refractivity contribution < 1.29 is 9.90 Å². The molecule has 1 atom stereocenters. The normalized spacial score (nSPS) is 23.1. The summed E-state index contributed by atoms with van der Waals surface area (Å²) < 4.78 is 0.976. The van der Waals surface area contributed by atoms with Crippen molar-refractivity contribution in [2.45, 2.75) is 24.8 Å². The van der Waals surface area contributed by atoms with Crippen LogP contribution >= 0.6 is 28.3 Å². The Labute approximate surface area is 115 Å². The molecule has 1 aliphatic heterocycles. The molecule has 0 spiro atoms. The zero-order valence-electron chi connectivity index (χ0n) is 9.28. The number of hydrogen-bond acceptors (Lipinski definition) is 2. The van der Waals surface area contributed by atoms with Crippen molar-refractivity contribution in [2.75, 3.05) is 6.54 Å². The fraction of sp³-hybridized carbons (Fsp3) is 0.417. The van der Waals surface area contributed by atoms with Crippen molar-refractivity contribution in [3.05, 3.63) is 34.3 Å². The van der Waals surface area contributed by atoms with Gasteiger partial charge in [-0.05, 0) is 31.0 Å². The minimum atomic E-state index is -0.774. The highest BCUT2D eigenvalue weighted by Crippen LogP contribution is 2.27. The largest absolute Gasteiger partial charge is 0.480 e. The van der Waals surface area contributed by atoms with Gasteiger partial charge in [0, 0.05) is 10.9 Å². The Morgan fingerprint density at radius 3 is 2.71 bits per heavy atom. The molecule has 1 aliphatic rings. The van der Waals surface area contributed by atoms with E-state index in [1.54, 1.807) is 0 Å². The van der Waals surface area contributed by atoms with Gasteiger partial charge in [-0.15, -0.1) is 12.4 Å². The van der Waals surface area contributed by atoms with Crippen LogP contribution in [0.2, 0.25) is 0 Å². The third-order valence-corrected chi connectivity index (χ3v) is 3.88. The Bertz CT molecular complexity index is 405. The van der Waals surface area contributed by atoms with Crippen molar-refractivity contribution in [1.82, 2.24) is 5.32 Å². The van der Waals surface area contributed by atoms with Crippen LogP contribution in [0.4, 0.5) is 0 Å². The second-order valence-corrected chi connectivity index (χ2v) is 5.04. The van der Waals surface area contributed by atoms with Gasteiger partial charge in [0.05, 0.1) is 0 Å². The summed E-state index contributed by atoms with van der Waals surface area (Å²) in [5.74, 6) is -0.749. The summed E-state index contributed by atoms with van der Waals surface area (Å²) in [4.78, 5) is 11.4. The first-order chi connectivity index (χ1) is 7.64. The quantitative estimate of drug-likeness (QED) is 0.900. The van der Waals surface area contributed by atoms with Gasteiger partial charge < -0.3 is 10.4 Å². The number of nitrogens with one attached hydrogen (secondary N) is 1. The van der Waals surface area contributed by atoms with Crippen molar-refractivity contribution in [2.24, 2.45) is 0 Å². The van der Waals surface area contributed by atoms with E-state index >= 15 is 0 Å². The molecule has 1 fully saturated rings. The number of rotatable bonds is 3. The maximum absolute atomic E-state index is 11.4. The van der Waals surface area contributed by atoms with E-state index in [1.165, 1.54) is 0 Å². The molecule has 2 rings (SSSR count). The Balaban J connectivity index is 0.00000144. The lowest BCUT2D eigenvalue weighted by molar-refractivity contribution is -0.144. The van der Waals surface area contributed by atoms with Crippen LogP contribution in [0.3, 0.4) is 0 Å². The smallest absolute Gasteiger partial charge is 0.324 e. The predicted octanol–water partition coefficient (Wildman–Crippen LogP) is 2.62. The zero-order valence-corrected chi connectivity index (χ0v) is 11.7. The summed E-state index contributed by atoms with van der Waals surface area (Å²) in [6.07, 6.45) is 2.16. The lowest BCUT2D eigenvalue weighted by Crippen LogP contribution is -2.49. The maximum atomic E-state index is 11.4. The van der Waals surface area contributed by atoms with Gasteiger partial charge in [0.2, 0.25) is 0 Å². The van der Waals surface area contributed by atoms with E-state index < -0.39 is 11.5 Å². The topological polar surface area (TPSA) is 49.3 Å². The predicted molar refractivity (Wildman–Crippen MR) is 72.7 cm³/mol. The molecule has 1 heterocycles. The summed E-state index contributed by atoms with van der Waals surface area (Å²) in [6.45, 7) is 0.788. The molecule has 0 bridgehead atoms. The molecule has 0 aromatic heterocycles. The van der Waals surface area contributed by atoms with Gasteiger partial charge in [-0.3, -0.25) is 4.79 Å². The van der Waals surface area contributed by atoms with E-state index in [1.807, 2.05) is 24.3 Å². The van der Waals surface area contributed by atoms with E-state index in [2.05, 4.69) is 21.2 Å². The highest BCUT2D eigenvalue weighted by Gasteiger charge is 2.41. The standard InChI is InChI=1S/C12H14BrNO2.ClH/c13-10-5-2-1-4-9(10)8-12(11(15)16)6-3-7-14-12;/h1-2,4-5,14H,3,6-8H2,(H,15,16);1H/t12-;/m1./s1. The van der Waals surface area contributed by atoms with Gasteiger partial charge in [0.15, 0.2) is 0 Å². The number of carbonyl (C=O) groups is 1. The molecule has 3 nitrogen and oxygen atoms in total. The average Bonchev–Trinajstić information content (AvgIpc) is 2.71. The Morgan fingerprint density at radius 2 is 2.18 bits per heavy atom. The van der Waals surface area contributed by atoms with Crippen LogP contribution < -0.4 is 5.32 Å². The molecule has 1 aromatic rings. The average molecular weight is 321 g/mol. The number of aliphatic carboxylic acids is 1.